The molecule has 0 amide bonds. The van der Waals surface area contributed by atoms with Crippen LogP contribution in [-0.4, -0.2) is 26.5 Å². The van der Waals surface area contributed by atoms with Crippen molar-refractivity contribution in [3.8, 4) is 22.9 Å². The number of esters is 1. The molecule has 0 radical (unpaired) electrons. The molecule has 3 aromatic rings. The van der Waals surface area contributed by atoms with Crippen molar-refractivity contribution >= 4 is 37.6 Å². The van der Waals surface area contributed by atoms with Crippen molar-refractivity contribution in [2.24, 2.45) is 0 Å². The van der Waals surface area contributed by atoms with Crippen LogP contribution in [0.15, 0.2) is 52.0 Å². The number of nitriles is 1. The predicted octanol–water partition coefficient (Wildman–Crippen LogP) is 4.88. The average molecular weight is 568 g/mol. The number of carbonyl (C=O) groups excluding carboxylic acids is 1. The minimum Gasteiger partial charge on any atom is -0.494 e. The second kappa shape index (κ2) is 8.86. The van der Waals surface area contributed by atoms with Crippen LogP contribution < -0.4 is 9.46 Å². The van der Waals surface area contributed by atoms with Gasteiger partial charge in [0.1, 0.15) is 11.5 Å². The second-order valence-corrected chi connectivity index (χ2v) is 9.78. The predicted molar refractivity (Wildman–Crippen MR) is 120 cm³/mol. The van der Waals surface area contributed by atoms with Crippen LogP contribution in [0.3, 0.4) is 0 Å². The maximum atomic E-state index is 13.7. The zero-order chi connectivity index (χ0) is 25.5. The quantitative estimate of drug-likeness (QED) is 0.416. The van der Waals surface area contributed by atoms with Crippen LogP contribution in [0.4, 0.5) is 18.9 Å². The third-order valence-electron chi connectivity index (χ3n) is 5.05. The number of aromatic nitrogens is 1. The van der Waals surface area contributed by atoms with Gasteiger partial charge < -0.3 is 9.47 Å². The maximum Gasteiger partial charge on any atom is 0.435 e. The van der Waals surface area contributed by atoms with Crippen molar-refractivity contribution in [3.05, 3.63) is 69.5 Å². The molecule has 0 aliphatic carbocycles. The number of alkyl halides is 3. The van der Waals surface area contributed by atoms with Crippen molar-refractivity contribution in [3.63, 3.8) is 0 Å². The van der Waals surface area contributed by atoms with Crippen molar-refractivity contribution in [1.29, 1.82) is 5.26 Å². The Balaban J connectivity index is 2.05. The molecule has 0 atom stereocenters. The van der Waals surface area contributed by atoms with Gasteiger partial charge in [-0.05, 0) is 57.4 Å². The number of rotatable bonds is 1. The van der Waals surface area contributed by atoms with Gasteiger partial charge in [-0.1, -0.05) is 6.07 Å². The van der Waals surface area contributed by atoms with Crippen LogP contribution in [0.2, 0.25) is 0 Å². The van der Waals surface area contributed by atoms with E-state index in [2.05, 4.69) is 20.9 Å². The lowest BCUT2D eigenvalue weighted by Crippen LogP contribution is -2.19. The summed E-state index contributed by atoms with van der Waals surface area (Å²) in [5, 5.41) is 9.27. The number of hydrogen-bond donors (Lipinski definition) is 1. The summed E-state index contributed by atoms with van der Waals surface area (Å²) in [5.74, 6) is -1.12. The number of nitrogens with zero attached hydrogens (tertiary/aromatic N) is 2. The molecule has 4 rings (SSSR count). The molecule has 1 aliphatic heterocycles. The normalized spacial score (nSPS) is 14.7. The van der Waals surface area contributed by atoms with Gasteiger partial charge in [0.15, 0.2) is 11.4 Å². The van der Waals surface area contributed by atoms with E-state index in [1.165, 1.54) is 24.3 Å². The number of halogens is 4. The molecule has 2 aromatic carbocycles. The first kappa shape index (κ1) is 24.5. The minimum absolute atomic E-state index is 0.0617. The third-order valence-corrected chi connectivity index (χ3v) is 7.01. The van der Waals surface area contributed by atoms with E-state index in [0.29, 0.717) is 5.56 Å². The fourth-order valence-electron chi connectivity index (χ4n) is 3.47. The molecule has 0 fully saturated rings. The monoisotopic (exact) mass is 567 g/mol. The van der Waals surface area contributed by atoms with E-state index in [1.54, 1.807) is 0 Å². The highest BCUT2D eigenvalue weighted by molar-refractivity contribution is 9.10. The average Bonchev–Trinajstić information content (AvgIpc) is 2.80. The van der Waals surface area contributed by atoms with Gasteiger partial charge in [-0.15, -0.1) is 0 Å². The lowest BCUT2D eigenvalue weighted by molar-refractivity contribution is -0.140. The molecule has 35 heavy (non-hydrogen) atoms. The van der Waals surface area contributed by atoms with E-state index in [9.17, 15) is 31.6 Å². The molecule has 4 bridgehead atoms. The summed E-state index contributed by atoms with van der Waals surface area (Å²) in [4.78, 5) is 15.6. The Labute approximate surface area is 205 Å². The second-order valence-electron chi connectivity index (χ2n) is 7.27. The lowest BCUT2D eigenvalue weighted by Gasteiger charge is -2.17. The van der Waals surface area contributed by atoms with E-state index < -0.39 is 38.4 Å². The number of fused-ring (bicyclic) bond motifs is 6. The number of methoxy groups -OCH3 is 1. The number of carbonyl (C=O) groups is 1. The molecular formula is C22H13BrF3N3O5S. The molecule has 0 spiro atoms. The molecule has 0 saturated heterocycles. The van der Waals surface area contributed by atoms with Gasteiger partial charge in [0.25, 0.3) is 10.0 Å². The van der Waals surface area contributed by atoms with Gasteiger partial charge in [-0.25, -0.2) is 18.2 Å². The standard InChI is InChI=1S/C22H13BrF3N3O5S/c1-33-19-16(23)5-13-7-18(19)35(31,32)29-17-6-14(9-28-20(17)22(24,25)26)15-4-11(8-27)2-3-12(15)10-34-21(13)30/h2-7,9,29H,10H2,1H3. The van der Waals surface area contributed by atoms with Crippen LogP contribution in [0, 0.1) is 11.3 Å². The molecule has 1 aliphatic rings. The summed E-state index contributed by atoms with van der Waals surface area (Å²) in [7, 11) is -3.56. The molecule has 13 heteroatoms. The van der Waals surface area contributed by atoms with Crippen LogP contribution >= 0.6 is 15.9 Å². The molecule has 0 unspecified atom stereocenters. The molecule has 2 heterocycles. The van der Waals surface area contributed by atoms with Crippen LogP contribution in [-0.2, 0) is 27.5 Å². The molecule has 0 saturated carbocycles. The van der Waals surface area contributed by atoms with Crippen LogP contribution in [0.1, 0.15) is 27.2 Å². The highest BCUT2D eigenvalue weighted by Crippen LogP contribution is 2.40. The first-order valence-electron chi connectivity index (χ1n) is 9.62. The number of sulfonamides is 1. The number of nitrogens with one attached hydrogen (secondary N) is 1. The number of ether oxygens (including phenoxy) is 2. The highest BCUT2D eigenvalue weighted by atomic mass is 79.9. The first-order valence-corrected chi connectivity index (χ1v) is 11.9. The zero-order valence-corrected chi connectivity index (χ0v) is 20.0. The summed E-state index contributed by atoms with van der Waals surface area (Å²) in [6.07, 6.45) is -4.09. The number of anilines is 1. The molecule has 180 valence electrons. The molecule has 1 aromatic heterocycles. The Morgan fingerprint density at radius 1 is 1.20 bits per heavy atom. The van der Waals surface area contributed by atoms with Gasteiger partial charge >= 0.3 is 12.1 Å². The fraction of sp³-hybridized carbons (Fsp3) is 0.136. The summed E-state index contributed by atoms with van der Waals surface area (Å²) < 4.78 is 80.1. The van der Waals surface area contributed by atoms with Crippen molar-refractivity contribution in [2.45, 2.75) is 17.7 Å². The number of hydrogen-bond acceptors (Lipinski definition) is 7. The van der Waals surface area contributed by atoms with Crippen LogP contribution in [0.25, 0.3) is 11.1 Å². The van der Waals surface area contributed by atoms with E-state index >= 15 is 0 Å². The number of pyridine rings is 1. The number of cyclic esters (lactones) is 1. The van der Waals surface area contributed by atoms with Gasteiger partial charge in [-0.3, -0.25) is 4.72 Å². The summed E-state index contributed by atoms with van der Waals surface area (Å²) >= 11 is 3.12. The van der Waals surface area contributed by atoms with Gasteiger partial charge in [-0.2, -0.15) is 18.4 Å². The SMILES string of the molecule is COc1c(Br)cc2cc1S(=O)(=O)Nc1cc(cnc1C(F)(F)F)-c1cc(C#N)ccc1COC2=O. The highest BCUT2D eigenvalue weighted by Gasteiger charge is 2.38. The van der Waals surface area contributed by atoms with E-state index in [0.717, 1.165) is 25.4 Å². The number of benzene rings is 2. The summed E-state index contributed by atoms with van der Waals surface area (Å²) in [6, 6.07) is 9.40. The van der Waals surface area contributed by atoms with Crippen molar-refractivity contribution in [1.82, 2.24) is 4.98 Å². The van der Waals surface area contributed by atoms with E-state index in [4.69, 9.17) is 9.47 Å². The van der Waals surface area contributed by atoms with Gasteiger partial charge in [0.05, 0.1) is 34.5 Å². The molecular weight excluding hydrogens is 555 g/mol. The summed E-state index contributed by atoms with van der Waals surface area (Å²) in [6.45, 7) is -0.310. The van der Waals surface area contributed by atoms with Gasteiger partial charge in [0, 0.05) is 11.8 Å². The smallest absolute Gasteiger partial charge is 0.435 e. The Morgan fingerprint density at radius 2 is 1.94 bits per heavy atom. The van der Waals surface area contributed by atoms with Crippen LogP contribution in [0.5, 0.6) is 5.75 Å². The lowest BCUT2D eigenvalue weighted by atomic mass is 9.98. The zero-order valence-electron chi connectivity index (χ0n) is 17.6. The van der Waals surface area contributed by atoms with Crippen molar-refractivity contribution in [2.75, 3.05) is 11.8 Å². The maximum absolute atomic E-state index is 13.7. The molecule has 1 N–H and O–H groups in total. The minimum atomic E-state index is -4.99. The Bertz CT molecular complexity index is 1520. The Hall–Kier alpha value is -3.63. The van der Waals surface area contributed by atoms with E-state index in [-0.39, 0.29) is 39.1 Å². The fourth-order valence-corrected chi connectivity index (χ4v) is 5.49. The largest absolute Gasteiger partial charge is 0.494 e. The first-order chi connectivity index (χ1) is 16.4. The van der Waals surface area contributed by atoms with E-state index in [1.807, 2.05) is 10.8 Å². The van der Waals surface area contributed by atoms with Gasteiger partial charge in [0.2, 0.25) is 0 Å². The third kappa shape index (κ3) is 4.67. The molecule has 8 nitrogen and oxygen atoms in total. The van der Waals surface area contributed by atoms with Crippen molar-refractivity contribution < 1.29 is 35.9 Å². The topological polar surface area (TPSA) is 118 Å². The Kier molecular flexibility index (Phi) is 6.20. The Morgan fingerprint density at radius 3 is 2.60 bits per heavy atom. The summed E-state index contributed by atoms with van der Waals surface area (Å²) in [5.41, 5.74) is -1.66.